The number of hydrogen-bond acceptors (Lipinski definition) is 3. The third kappa shape index (κ3) is 2.61. The van der Waals surface area contributed by atoms with Crippen LogP contribution in [0, 0.1) is 0 Å². The molecule has 1 heterocycles. The molecule has 2 rings (SSSR count). The molecule has 102 valence electrons. The SMILES string of the molecule is COc1cc(OC)c2nc(Cl)c(C(C)(C)C)cc2c1. The molecule has 0 atom stereocenters. The molecule has 0 amide bonds. The lowest BCUT2D eigenvalue weighted by molar-refractivity contribution is 0.397. The van der Waals surface area contributed by atoms with E-state index in [1.165, 1.54) is 0 Å². The van der Waals surface area contributed by atoms with Gasteiger partial charge in [0.15, 0.2) is 0 Å². The van der Waals surface area contributed by atoms with Gasteiger partial charge in [0.1, 0.15) is 22.2 Å². The highest BCUT2D eigenvalue weighted by Gasteiger charge is 2.20. The van der Waals surface area contributed by atoms with Crippen molar-refractivity contribution in [2.75, 3.05) is 14.2 Å². The quantitative estimate of drug-likeness (QED) is 0.772. The van der Waals surface area contributed by atoms with Crippen LogP contribution in [-0.2, 0) is 5.41 Å². The largest absolute Gasteiger partial charge is 0.497 e. The van der Waals surface area contributed by atoms with Crippen LogP contribution in [0.1, 0.15) is 26.3 Å². The van der Waals surface area contributed by atoms with Crippen molar-refractivity contribution in [3.8, 4) is 11.5 Å². The highest BCUT2D eigenvalue weighted by molar-refractivity contribution is 6.30. The second-order valence-corrected chi connectivity index (χ2v) is 5.84. The van der Waals surface area contributed by atoms with E-state index in [0.717, 1.165) is 22.2 Å². The standard InChI is InChI=1S/C15H18ClNO2/c1-15(2,3)11-7-9-6-10(18-4)8-12(19-5)13(9)17-14(11)16/h6-8H,1-5H3. The molecule has 1 aromatic carbocycles. The lowest BCUT2D eigenvalue weighted by Crippen LogP contribution is -2.12. The van der Waals surface area contributed by atoms with Gasteiger partial charge >= 0.3 is 0 Å². The Morgan fingerprint density at radius 1 is 1.05 bits per heavy atom. The van der Waals surface area contributed by atoms with Gasteiger partial charge in [0.2, 0.25) is 0 Å². The number of aromatic nitrogens is 1. The van der Waals surface area contributed by atoms with Crippen molar-refractivity contribution >= 4 is 22.5 Å². The Morgan fingerprint density at radius 2 is 1.74 bits per heavy atom. The van der Waals surface area contributed by atoms with Gasteiger partial charge in [-0.25, -0.2) is 4.98 Å². The van der Waals surface area contributed by atoms with Crippen LogP contribution in [0.5, 0.6) is 11.5 Å². The minimum atomic E-state index is -0.0609. The maximum atomic E-state index is 6.29. The lowest BCUT2D eigenvalue weighted by Gasteiger charge is -2.21. The molecule has 0 aliphatic rings. The molecule has 0 radical (unpaired) electrons. The maximum Gasteiger partial charge on any atom is 0.148 e. The van der Waals surface area contributed by atoms with E-state index in [1.807, 2.05) is 12.1 Å². The first-order valence-corrected chi connectivity index (χ1v) is 6.47. The van der Waals surface area contributed by atoms with Crippen LogP contribution >= 0.6 is 11.6 Å². The second-order valence-electron chi connectivity index (χ2n) is 5.48. The van der Waals surface area contributed by atoms with Crippen molar-refractivity contribution in [1.82, 2.24) is 4.98 Å². The molecular weight excluding hydrogens is 262 g/mol. The van der Waals surface area contributed by atoms with Gasteiger partial charge in [-0.05, 0) is 23.1 Å². The first kappa shape index (κ1) is 13.9. The molecule has 0 aliphatic heterocycles. The summed E-state index contributed by atoms with van der Waals surface area (Å²) in [6.45, 7) is 6.33. The zero-order valence-corrected chi connectivity index (χ0v) is 12.6. The molecule has 0 saturated carbocycles. The fraction of sp³-hybridized carbons (Fsp3) is 0.400. The van der Waals surface area contributed by atoms with Crippen molar-refractivity contribution in [2.45, 2.75) is 26.2 Å². The molecule has 0 bridgehead atoms. The van der Waals surface area contributed by atoms with Gasteiger partial charge in [-0.2, -0.15) is 0 Å². The van der Waals surface area contributed by atoms with Crippen LogP contribution in [0.15, 0.2) is 18.2 Å². The number of halogens is 1. The molecule has 19 heavy (non-hydrogen) atoms. The van der Waals surface area contributed by atoms with Gasteiger partial charge in [0.05, 0.1) is 14.2 Å². The van der Waals surface area contributed by atoms with Crippen LogP contribution in [0.2, 0.25) is 5.15 Å². The minimum absolute atomic E-state index is 0.0609. The number of rotatable bonds is 2. The number of nitrogens with zero attached hydrogens (tertiary/aromatic N) is 1. The Bertz CT molecular complexity index is 618. The number of pyridine rings is 1. The van der Waals surface area contributed by atoms with Gasteiger partial charge < -0.3 is 9.47 Å². The number of methoxy groups -OCH3 is 2. The Labute approximate surface area is 118 Å². The van der Waals surface area contributed by atoms with Crippen molar-refractivity contribution in [1.29, 1.82) is 0 Å². The topological polar surface area (TPSA) is 31.4 Å². The summed E-state index contributed by atoms with van der Waals surface area (Å²) in [5.74, 6) is 1.41. The van der Waals surface area contributed by atoms with Gasteiger partial charge in [-0.15, -0.1) is 0 Å². The molecule has 0 fully saturated rings. The summed E-state index contributed by atoms with van der Waals surface area (Å²) < 4.78 is 10.6. The van der Waals surface area contributed by atoms with Gasteiger partial charge in [-0.3, -0.25) is 0 Å². The molecule has 3 nitrogen and oxygen atoms in total. The van der Waals surface area contributed by atoms with Crippen molar-refractivity contribution < 1.29 is 9.47 Å². The third-order valence-corrected chi connectivity index (χ3v) is 3.36. The van der Waals surface area contributed by atoms with Crippen LogP contribution in [0.3, 0.4) is 0 Å². The maximum absolute atomic E-state index is 6.29. The zero-order valence-electron chi connectivity index (χ0n) is 11.9. The van der Waals surface area contributed by atoms with E-state index in [1.54, 1.807) is 14.2 Å². The average Bonchev–Trinajstić information content (AvgIpc) is 2.35. The predicted molar refractivity (Wildman–Crippen MR) is 78.6 cm³/mol. The highest BCUT2D eigenvalue weighted by atomic mass is 35.5. The van der Waals surface area contributed by atoms with E-state index in [4.69, 9.17) is 21.1 Å². The summed E-state index contributed by atoms with van der Waals surface area (Å²) in [5.41, 5.74) is 1.70. The summed E-state index contributed by atoms with van der Waals surface area (Å²) in [6.07, 6.45) is 0. The van der Waals surface area contributed by atoms with E-state index in [-0.39, 0.29) is 5.41 Å². The molecule has 2 aromatic rings. The monoisotopic (exact) mass is 279 g/mol. The van der Waals surface area contributed by atoms with Gasteiger partial charge in [0, 0.05) is 11.5 Å². The van der Waals surface area contributed by atoms with E-state index in [9.17, 15) is 0 Å². The molecule has 4 heteroatoms. The second kappa shape index (κ2) is 4.89. The molecule has 0 N–H and O–H groups in total. The molecule has 0 aliphatic carbocycles. The fourth-order valence-electron chi connectivity index (χ4n) is 2.01. The van der Waals surface area contributed by atoms with Crippen molar-refractivity contribution in [3.05, 3.63) is 28.9 Å². The first-order valence-electron chi connectivity index (χ1n) is 6.09. The molecular formula is C15H18ClNO2. The van der Waals surface area contributed by atoms with Crippen LogP contribution in [0.25, 0.3) is 10.9 Å². The van der Waals surface area contributed by atoms with Crippen LogP contribution in [-0.4, -0.2) is 19.2 Å². The lowest BCUT2D eigenvalue weighted by atomic mass is 9.87. The third-order valence-electron chi connectivity index (χ3n) is 3.07. The molecule has 0 spiro atoms. The van der Waals surface area contributed by atoms with E-state index in [0.29, 0.717) is 10.9 Å². The highest BCUT2D eigenvalue weighted by Crippen LogP contribution is 2.36. The summed E-state index contributed by atoms with van der Waals surface area (Å²) >= 11 is 6.29. The summed E-state index contributed by atoms with van der Waals surface area (Å²) in [6, 6.07) is 5.80. The summed E-state index contributed by atoms with van der Waals surface area (Å²) in [4.78, 5) is 4.47. The average molecular weight is 280 g/mol. The van der Waals surface area contributed by atoms with Crippen LogP contribution < -0.4 is 9.47 Å². The molecule has 0 saturated heterocycles. The molecule has 1 aromatic heterocycles. The van der Waals surface area contributed by atoms with Gasteiger partial charge in [0.25, 0.3) is 0 Å². The summed E-state index contributed by atoms with van der Waals surface area (Å²) in [5, 5.41) is 1.48. The number of benzene rings is 1. The summed E-state index contributed by atoms with van der Waals surface area (Å²) in [7, 11) is 3.25. The zero-order chi connectivity index (χ0) is 14.2. The normalized spacial score (nSPS) is 11.7. The number of fused-ring (bicyclic) bond motifs is 1. The Kier molecular flexibility index (Phi) is 3.59. The Balaban J connectivity index is 2.78. The van der Waals surface area contributed by atoms with Crippen molar-refractivity contribution in [3.63, 3.8) is 0 Å². The van der Waals surface area contributed by atoms with E-state index >= 15 is 0 Å². The Hall–Kier alpha value is -1.48. The van der Waals surface area contributed by atoms with E-state index < -0.39 is 0 Å². The first-order chi connectivity index (χ1) is 8.86. The minimum Gasteiger partial charge on any atom is -0.497 e. The number of hydrogen-bond donors (Lipinski definition) is 0. The van der Waals surface area contributed by atoms with E-state index in [2.05, 4.69) is 31.8 Å². The smallest absolute Gasteiger partial charge is 0.148 e. The van der Waals surface area contributed by atoms with Gasteiger partial charge in [-0.1, -0.05) is 32.4 Å². The fourth-order valence-corrected chi connectivity index (χ4v) is 2.43. The molecule has 0 unspecified atom stereocenters. The Morgan fingerprint density at radius 3 is 2.26 bits per heavy atom. The van der Waals surface area contributed by atoms with Crippen molar-refractivity contribution in [2.24, 2.45) is 0 Å². The number of ether oxygens (including phenoxy) is 2. The predicted octanol–water partition coefficient (Wildman–Crippen LogP) is 4.20. The van der Waals surface area contributed by atoms with Crippen LogP contribution in [0.4, 0.5) is 0 Å².